The topological polar surface area (TPSA) is 90.4 Å². The van der Waals surface area contributed by atoms with E-state index in [0.717, 1.165) is 12.8 Å². The Kier molecular flexibility index (Phi) is 5.17. The summed E-state index contributed by atoms with van der Waals surface area (Å²) in [4.78, 5) is 10.5. The lowest BCUT2D eigenvalue weighted by atomic mass is 9.98. The largest absolute Gasteiger partial charge is 0.393 e. The molecule has 1 aliphatic carbocycles. The number of nitrogen functional groups attached to an aromatic ring is 1. The lowest BCUT2D eigenvalue weighted by Crippen LogP contribution is -2.20. The first-order valence-corrected chi connectivity index (χ1v) is 7.07. The van der Waals surface area contributed by atoms with Crippen LogP contribution in [0.15, 0.2) is 18.2 Å². The van der Waals surface area contributed by atoms with Crippen LogP contribution in [0.3, 0.4) is 0 Å². The molecule has 1 fully saturated rings. The maximum absolute atomic E-state index is 11.0. The molecule has 6 nitrogen and oxygen atoms in total. The van der Waals surface area contributed by atoms with Gasteiger partial charge < -0.3 is 15.8 Å². The molecule has 3 N–H and O–H groups in total. The molecule has 1 saturated carbocycles. The molecule has 1 aromatic carbocycles. The molecule has 6 heteroatoms. The van der Waals surface area contributed by atoms with Gasteiger partial charge in [-0.2, -0.15) is 0 Å². The van der Waals surface area contributed by atoms with Crippen LogP contribution >= 0.6 is 0 Å². The van der Waals surface area contributed by atoms with Crippen LogP contribution in [0, 0.1) is 10.1 Å². The van der Waals surface area contributed by atoms with Crippen molar-refractivity contribution in [2.45, 2.75) is 38.2 Å². The Morgan fingerprint density at radius 2 is 2.10 bits per heavy atom. The number of hydrogen-bond donors (Lipinski definition) is 2. The highest BCUT2D eigenvalue weighted by atomic mass is 16.6. The molecular formula is C14H21N3O3. The molecule has 0 aliphatic heterocycles. The van der Waals surface area contributed by atoms with Crippen LogP contribution in [0.1, 0.15) is 32.1 Å². The van der Waals surface area contributed by atoms with Gasteiger partial charge in [0.1, 0.15) is 11.4 Å². The molecule has 0 bridgehead atoms. The summed E-state index contributed by atoms with van der Waals surface area (Å²) in [5.74, 6) is 0. The average Bonchev–Trinajstić information content (AvgIpc) is 2.44. The molecular weight excluding hydrogens is 258 g/mol. The van der Waals surface area contributed by atoms with Crippen LogP contribution in [0.2, 0.25) is 0 Å². The summed E-state index contributed by atoms with van der Waals surface area (Å²) in [5.41, 5.74) is 6.19. The zero-order valence-electron chi connectivity index (χ0n) is 11.5. The number of para-hydroxylation sites is 1. The number of benzene rings is 1. The molecule has 2 rings (SSSR count). The second kappa shape index (κ2) is 7.09. The SMILES string of the molecule is Nc1cccc(NCCOC2CCCCC2)c1[N+](=O)[O-]. The Hall–Kier alpha value is -1.82. The lowest BCUT2D eigenvalue weighted by Gasteiger charge is -2.22. The van der Waals surface area contributed by atoms with Gasteiger partial charge in [0.25, 0.3) is 0 Å². The number of rotatable bonds is 6. The zero-order chi connectivity index (χ0) is 14.4. The first-order valence-electron chi connectivity index (χ1n) is 7.07. The van der Waals surface area contributed by atoms with Crippen molar-refractivity contribution in [2.24, 2.45) is 0 Å². The third-order valence-electron chi connectivity index (χ3n) is 3.57. The van der Waals surface area contributed by atoms with Crippen molar-refractivity contribution in [1.29, 1.82) is 0 Å². The van der Waals surface area contributed by atoms with Crippen molar-refractivity contribution in [3.8, 4) is 0 Å². The number of nitrogens with two attached hydrogens (primary N) is 1. The average molecular weight is 279 g/mol. The van der Waals surface area contributed by atoms with E-state index in [1.54, 1.807) is 12.1 Å². The fourth-order valence-electron chi connectivity index (χ4n) is 2.55. The third kappa shape index (κ3) is 3.84. The smallest absolute Gasteiger partial charge is 0.314 e. The van der Waals surface area contributed by atoms with E-state index in [1.807, 2.05) is 0 Å². The first-order chi connectivity index (χ1) is 9.68. The molecule has 110 valence electrons. The van der Waals surface area contributed by atoms with Crippen LogP contribution in [-0.2, 0) is 4.74 Å². The number of nitrogens with one attached hydrogen (secondary N) is 1. The summed E-state index contributed by atoms with van der Waals surface area (Å²) in [6.45, 7) is 1.09. The van der Waals surface area contributed by atoms with Crippen molar-refractivity contribution in [1.82, 2.24) is 0 Å². The lowest BCUT2D eigenvalue weighted by molar-refractivity contribution is -0.383. The molecule has 0 unspecified atom stereocenters. The second-order valence-corrected chi connectivity index (χ2v) is 5.06. The number of ether oxygens (including phenoxy) is 1. The third-order valence-corrected chi connectivity index (χ3v) is 3.57. The quantitative estimate of drug-likeness (QED) is 0.361. The maximum Gasteiger partial charge on any atom is 0.314 e. The summed E-state index contributed by atoms with van der Waals surface area (Å²) < 4.78 is 5.77. The van der Waals surface area contributed by atoms with Crippen molar-refractivity contribution in [3.63, 3.8) is 0 Å². The van der Waals surface area contributed by atoms with Gasteiger partial charge in [-0.3, -0.25) is 10.1 Å². The van der Waals surface area contributed by atoms with E-state index in [2.05, 4.69) is 5.32 Å². The van der Waals surface area contributed by atoms with Gasteiger partial charge in [-0.25, -0.2) is 0 Å². The molecule has 1 aromatic rings. The highest BCUT2D eigenvalue weighted by Gasteiger charge is 2.17. The molecule has 0 atom stereocenters. The van der Waals surface area contributed by atoms with Gasteiger partial charge in [0.15, 0.2) is 0 Å². The second-order valence-electron chi connectivity index (χ2n) is 5.06. The minimum absolute atomic E-state index is 0.0647. The minimum Gasteiger partial charge on any atom is -0.393 e. The summed E-state index contributed by atoms with van der Waals surface area (Å²) in [6.07, 6.45) is 6.36. The Morgan fingerprint density at radius 1 is 1.35 bits per heavy atom. The predicted octanol–water partition coefficient (Wildman–Crippen LogP) is 2.94. The Morgan fingerprint density at radius 3 is 2.80 bits per heavy atom. The van der Waals surface area contributed by atoms with Gasteiger partial charge in [0.05, 0.1) is 17.6 Å². The summed E-state index contributed by atoms with van der Waals surface area (Å²) in [6, 6.07) is 4.89. The number of hydrogen-bond acceptors (Lipinski definition) is 5. The highest BCUT2D eigenvalue weighted by Crippen LogP contribution is 2.30. The molecule has 0 radical (unpaired) electrons. The molecule has 0 heterocycles. The van der Waals surface area contributed by atoms with Crippen LogP contribution in [-0.4, -0.2) is 24.2 Å². The van der Waals surface area contributed by atoms with Crippen LogP contribution in [0.5, 0.6) is 0 Å². The number of anilines is 2. The summed E-state index contributed by atoms with van der Waals surface area (Å²) >= 11 is 0. The van der Waals surface area contributed by atoms with Crippen molar-refractivity contribution in [3.05, 3.63) is 28.3 Å². The van der Waals surface area contributed by atoms with Gasteiger partial charge in [0.2, 0.25) is 0 Å². The number of nitro benzene ring substituents is 1. The van der Waals surface area contributed by atoms with Crippen molar-refractivity contribution in [2.75, 3.05) is 24.2 Å². The minimum atomic E-state index is -0.459. The molecule has 20 heavy (non-hydrogen) atoms. The van der Waals surface area contributed by atoms with E-state index < -0.39 is 4.92 Å². The predicted molar refractivity (Wildman–Crippen MR) is 78.8 cm³/mol. The Balaban J connectivity index is 1.82. The number of nitro groups is 1. The van der Waals surface area contributed by atoms with E-state index in [1.165, 1.54) is 25.3 Å². The fourth-order valence-corrected chi connectivity index (χ4v) is 2.55. The standard InChI is InChI=1S/C14H21N3O3/c15-12-7-4-8-13(14(12)17(18)19)16-9-10-20-11-5-2-1-3-6-11/h4,7-8,11,16H,1-3,5-6,9-10,15H2. The summed E-state index contributed by atoms with van der Waals surface area (Å²) in [5, 5.41) is 14.0. The van der Waals surface area contributed by atoms with Gasteiger partial charge in [-0.15, -0.1) is 0 Å². The van der Waals surface area contributed by atoms with Gasteiger partial charge >= 0.3 is 5.69 Å². The van der Waals surface area contributed by atoms with Gasteiger partial charge in [0, 0.05) is 6.54 Å². The highest BCUT2D eigenvalue weighted by molar-refractivity contribution is 5.74. The Bertz CT molecular complexity index is 459. The molecule has 0 amide bonds. The normalized spacial score (nSPS) is 16.0. The molecule has 0 aromatic heterocycles. The van der Waals surface area contributed by atoms with Gasteiger partial charge in [-0.05, 0) is 25.0 Å². The Labute approximate surface area is 118 Å². The zero-order valence-corrected chi connectivity index (χ0v) is 11.5. The maximum atomic E-state index is 11.0. The molecule has 1 aliphatic rings. The van der Waals surface area contributed by atoms with E-state index >= 15 is 0 Å². The first kappa shape index (κ1) is 14.6. The van der Waals surface area contributed by atoms with Crippen LogP contribution < -0.4 is 11.1 Å². The van der Waals surface area contributed by atoms with E-state index in [4.69, 9.17) is 10.5 Å². The van der Waals surface area contributed by atoms with Crippen LogP contribution in [0.25, 0.3) is 0 Å². The van der Waals surface area contributed by atoms with E-state index in [9.17, 15) is 10.1 Å². The fraction of sp³-hybridized carbons (Fsp3) is 0.571. The van der Waals surface area contributed by atoms with Crippen LogP contribution in [0.4, 0.5) is 17.1 Å². The van der Waals surface area contributed by atoms with Crippen molar-refractivity contribution < 1.29 is 9.66 Å². The van der Waals surface area contributed by atoms with Gasteiger partial charge in [-0.1, -0.05) is 25.3 Å². The van der Waals surface area contributed by atoms with E-state index in [0.29, 0.717) is 24.9 Å². The molecule has 0 saturated heterocycles. The molecule has 0 spiro atoms. The monoisotopic (exact) mass is 279 g/mol. The number of nitrogens with zero attached hydrogens (tertiary/aromatic N) is 1. The van der Waals surface area contributed by atoms with E-state index in [-0.39, 0.29) is 11.4 Å². The summed E-state index contributed by atoms with van der Waals surface area (Å²) in [7, 11) is 0. The van der Waals surface area contributed by atoms with Crippen molar-refractivity contribution >= 4 is 17.1 Å².